The molecule has 0 spiro atoms. The number of nitrogens with zero attached hydrogens (tertiary/aromatic N) is 2. The number of aromatic nitrogens is 2. The predicted octanol–water partition coefficient (Wildman–Crippen LogP) is 2.72. The molecule has 1 aromatic heterocycles. The van der Waals surface area contributed by atoms with Gasteiger partial charge in [-0.25, -0.2) is 0 Å². The quantitative estimate of drug-likeness (QED) is 0.557. The maximum atomic E-state index is 11.7. The van der Waals surface area contributed by atoms with Crippen LogP contribution in [0.4, 0.5) is 5.69 Å². The van der Waals surface area contributed by atoms with Crippen LogP contribution < -0.4 is 10.3 Å². The number of hydrogen-bond donors (Lipinski definition) is 2. The molecule has 0 atom stereocenters. The summed E-state index contributed by atoms with van der Waals surface area (Å²) in [4.78, 5) is 27.3. The molecule has 2 N–H and O–H groups in total. The molecule has 8 nitrogen and oxygen atoms in total. The molecule has 0 saturated heterocycles. The van der Waals surface area contributed by atoms with Gasteiger partial charge < -0.3 is 14.8 Å². The number of nitrogens with one attached hydrogen (secondary N) is 1. The second-order valence-corrected chi connectivity index (χ2v) is 5.12. The number of nitro groups is 1. The van der Waals surface area contributed by atoms with E-state index in [0.29, 0.717) is 0 Å². The molecule has 0 aliphatic rings. The Morgan fingerprint density at radius 3 is 2.56 bits per heavy atom. The second kappa shape index (κ2) is 6.44. The average Bonchev–Trinajstić information content (AvgIpc) is 2.58. The van der Waals surface area contributed by atoms with Crippen LogP contribution in [0.25, 0.3) is 22.9 Å². The van der Waals surface area contributed by atoms with Crippen molar-refractivity contribution in [2.75, 3.05) is 7.11 Å². The number of aromatic hydroxyl groups is 1. The first-order valence-electron chi connectivity index (χ1n) is 7.22. The fourth-order valence-electron chi connectivity index (χ4n) is 2.50. The Labute approximate surface area is 141 Å². The van der Waals surface area contributed by atoms with Crippen molar-refractivity contribution in [1.29, 1.82) is 0 Å². The van der Waals surface area contributed by atoms with Crippen LogP contribution in [0.5, 0.6) is 11.6 Å². The SMILES string of the molecule is COc1ccc(/C=C/c2nc(O)c([N+](=O)[O-])c(=O)[nH]2)c2ccccc12. The lowest BCUT2D eigenvalue weighted by atomic mass is 10.0. The highest BCUT2D eigenvalue weighted by Crippen LogP contribution is 2.29. The monoisotopic (exact) mass is 339 g/mol. The van der Waals surface area contributed by atoms with Gasteiger partial charge in [-0.1, -0.05) is 36.4 Å². The van der Waals surface area contributed by atoms with E-state index in [1.165, 1.54) is 6.08 Å². The smallest absolute Gasteiger partial charge is 0.395 e. The summed E-state index contributed by atoms with van der Waals surface area (Å²) in [6.07, 6.45) is 3.14. The van der Waals surface area contributed by atoms with Gasteiger partial charge in [-0.3, -0.25) is 14.9 Å². The molecule has 0 saturated carbocycles. The third-order valence-corrected chi connectivity index (χ3v) is 3.64. The third-order valence-electron chi connectivity index (χ3n) is 3.64. The molecular weight excluding hydrogens is 326 g/mol. The van der Waals surface area contributed by atoms with Gasteiger partial charge in [0, 0.05) is 5.39 Å². The van der Waals surface area contributed by atoms with Crippen LogP contribution in [0, 0.1) is 10.1 Å². The zero-order valence-corrected chi connectivity index (χ0v) is 13.1. The molecule has 126 valence electrons. The van der Waals surface area contributed by atoms with Crippen molar-refractivity contribution >= 4 is 28.6 Å². The van der Waals surface area contributed by atoms with E-state index in [-0.39, 0.29) is 5.82 Å². The first-order chi connectivity index (χ1) is 12.0. The van der Waals surface area contributed by atoms with Gasteiger partial charge in [-0.05, 0) is 23.1 Å². The van der Waals surface area contributed by atoms with E-state index >= 15 is 0 Å². The minimum Gasteiger partial charge on any atom is -0.496 e. The summed E-state index contributed by atoms with van der Waals surface area (Å²) in [7, 11) is 1.59. The van der Waals surface area contributed by atoms with E-state index in [0.717, 1.165) is 22.1 Å². The Morgan fingerprint density at radius 2 is 1.92 bits per heavy atom. The normalized spacial score (nSPS) is 11.1. The highest BCUT2D eigenvalue weighted by molar-refractivity contribution is 5.96. The Bertz CT molecular complexity index is 1060. The van der Waals surface area contributed by atoms with Gasteiger partial charge in [0.2, 0.25) is 0 Å². The fourth-order valence-corrected chi connectivity index (χ4v) is 2.50. The standard InChI is InChI=1S/C17H13N3O5/c1-25-13-8-6-10(11-4-2-3-5-12(11)13)7-9-14-18-16(21)15(20(23)24)17(22)19-14/h2-9H,1H3,(H2,18,19,21,22)/b9-7+. The Hall–Kier alpha value is -3.68. The molecule has 8 heteroatoms. The van der Waals surface area contributed by atoms with Crippen molar-refractivity contribution in [3.8, 4) is 11.6 Å². The minimum absolute atomic E-state index is 0.00741. The third kappa shape index (κ3) is 3.05. The molecule has 0 fully saturated rings. The van der Waals surface area contributed by atoms with Crippen molar-refractivity contribution in [3.63, 3.8) is 0 Å². The van der Waals surface area contributed by atoms with E-state index in [1.807, 2.05) is 36.4 Å². The highest BCUT2D eigenvalue weighted by Gasteiger charge is 2.21. The lowest BCUT2D eigenvalue weighted by Gasteiger charge is -2.07. The molecule has 25 heavy (non-hydrogen) atoms. The van der Waals surface area contributed by atoms with Crippen molar-refractivity contribution in [3.05, 3.63) is 68.3 Å². The lowest BCUT2D eigenvalue weighted by Crippen LogP contribution is -2.14. The summed E-state index contributed by atoms with van der Waals surface area (Å²) in [6, 6.07) is 11.3. The Balaban J connectivity index is 2.05. The van der Waals surface area contributed by atoms with Crippen LogP contribution in [-0.4, -0.2) is 27.1 Å². The first kappa shape index (κ1) is 16.2. The second-order valence-electron chi connectivity index (χ2n) is 5.12. The molecule has 2 aromatic carbocycles. The van der Waals surface area contributed by atoms with Gasteiger partial charge >= 0.3 is 11.2 Å². The molecule has 0 aliphatic heterocycles. The lowest BCUT2D eigenvalue weighted by molar-refractivity contribution is -0.387. The molecule has 1 heterocycles. The predicted molar refractivity (Wildman–Crippen MR) is 92.6 cm³/mol. The van der Waals surface area contributed by atoms with E-state index in [2.05, 4.69) is 9.97 Å². The molecule has 0 unspecified atom stereocenters. The summed E-state index contributed by atoms with van der Waals surface area (Å²) < 4.78 is 5.33. The molecule has 0 amide bonds. The van der Waals surface area contributed by atoms with Crippen molar-refractivity contribution in [1.82, 2.24) is 9.97 Å². The van der Waals surface area contributed by atoms with Crippen LogP contribution in [0.15, 0.2) is 41.2 Å². The van der Waals surface area contributed by atoms with Crippen LogP contribution in [0.1, 0.15) is 11.4 Å². The highest BCUT2D eigenvalue weighted by atomic mass is 16.6. The zero-order valence-electron chi connectivity index (χ0n) is 13.1. The molecule has 3 aromatic rings. The number of H-pyrrole nitrogens is 1. The molecule has 0 bridgehead atoms. The largest absolute Gasteiger partial charge is 0.496 e. The number of fused-ring (bicyclic) bond motifs is 1. The molecule has 0 aliphatic carbocycles. The van der Waals surface area contributed by atoms with Crippen LogP contribution in [0.3, 0.4) is 0 Å². The summed E-state index contributed by atoms with van der Waals surface area (Å²) in [5.41, 5.74) is -1.17. The number of methoxy groups -OCH3 is 1. The Kier molecular flexibility index (Phi) is 4.17. The van der Waals surface area contributed by atoms with Crippen molar-refractivity contribution < 1.29 is 14.8 Å². The molecule has 3 rings (SSSR count). The number of benzene rings is 2. The zero-order chi connectivity index (χ0) is 18.0. The van der Waals surface area contributed by atoms with E-state index in [1.54, 1.807) is 13.2 Å². The topological polar surface area (TPSA) is 118 Å². The summed E-state index contributed by atoms with van der Waals surface area (Å²) in [5, 5.41) is 22.1. The molecule has 0 radical (unpaired) electrons. The van der Waals surface area contributed by atoms with Crippen LogP contribution >= 0.6 is 0 Å². The fraction of sp³-hybridized carbons (Fsp3) is 0.0588. The number of ether oxygens (including phenoxy) is 1. The van der Waals surface area contributed by atoms with Gasteiger partial charge in [0.05, 0.1) is 12.0 Å². The first-order valence-corrected chi connectivity index (χ1v) is 7.22. The van der Waals surface area contributed by atoms with Crippen molar-refractivity contribution in [2.24, 2.45) is 0 Å². The van der Waals surface area contributed by atoms with Gasteiger partial charge in [-0.15, -0.1) is 0 Å². The number of hydrogen-bond acceptors (Lipinski definition) is 6. The van der Waals surface area contributed by atoms with Gasteiger partial charge in [0.25, 0.3) is 5.88 Å². The van der Waals surface area contributed by atoms with Crippen molar-refractivity contribution in [2.45, 2.75) is 0 Å². The minimum atomic E-state index is -1.02. The Morgan fingerprint density at radius 1 is 1.20 bits per heavy atom. The molecular formula is C17H13N3O5. The average molecular weight is 339 g/mol. The number of aromatic amines is 1. The summed E-state index contributed by atoms with van der Waals surface area (Å²) in [5.74, 6) is -0.187. The summed E-state index contributed by atoms with van der Waals surface area (Å²) >= 11 is 0. The van der Waals surface area contributed by atoms with Gasteiger partial charge in [-0.2, -0.15) is 4.98 Å². The number of rotatable bonds is 4. The summed E-state index contributed by atoms with van der Waals surface area (Å²) in [6.45, 7) is 0. The van der Waals surface area contributed by atoms with Gasteiger partial charge in [0.1, 0.15) is 11.6 Å². The van der Waals surface area contributed by atoms with Crippen LogP contribution in [-0.2, 0) is 0 Å². The van der Waals surface area contributed by atoms with Gasteiger partial charge in [0.15, 0.2) is 0 Å². The van der Waals surface area contributed by atoms with Crippen LogP contribution in [0.2, 0.25) is 0 Å². The van der Waals surface area contributed by atoms with E-state index < -0.39 is 22.0 Å². The van der Waals surface area contributed by atoms with E-state index in [9.17, 15) is 20.0 Å². The van der Waals surface area contributed by atoms with E-state index in [4.69, 9.17) is 4.74 Å². The maximum Gasteiger partial charge on any atom is 0.395 e. The maximum absolute atomic E-state index is 11.7.